The van der Waals surface area contributed by atoms with Crippen molar-refractivity contribution in [3.8, 4) is 0 Å². The molecule has 26 heavy (non-hydrogen) atoms. The summed E-state index contributed by atoms with van der Waals surface area (Å²) in [5, 5.41) is 11.8. The van der Waals surface area contributed by atoms with Gasteiger partial charge in [-0.2, -0.15) is 0 Å². The lowest BCUT2D eigenvalue weighted by atomic mass is 9.74. The quantitative estimate of drug-likeness (QED) is 0.919. The van der Waals surface area contributed by atoms with Crippen LogP contribution in [0.5, 0.6) is 0 Å². The molecule has 2 fully saturated rings. The molecule has 2 aliphatic rings. The van der Waals surface area contributed by atoms with Crippen LogP contribution < -0.4 is 0 Å². The van der Waals surface area contributed by atoms with Crippen molar-refractivity contribution in [3.05, 3.63) is 42.1 Å². The van der Waals surface area contributed by atoms with Gasteiger partial charge in [0.15, 0.2) is 0 Å². The molecule has 2 heterocycles. The molecule has 1 aromatic heterocycles. The van der Waals surface area contributed by atoms with E-state index >= 15 is 0 Å². The van der Waals surface area contributed by atoms with Gasteiger partial charge in [-0.1, -0.05) is 44.4 Å². The molecule has 2 aromatic rings. The first-order chi connectivity index (χ1) is 12.6. The molecule has 1 aliphatic carbocycles. The third-order valence-electron chi connectivity index (χ3n) is 6.39. The highest BCUT2D eigenvalue weighted by Gasteiger charge is 2.42. The summed E-state index contributed by atoms with van der Waals surface area (Å²) in [5.41, 5.74) is 1.97. The van der Waals surface area contributed by atoms with Crippen LogP contribution in [0, 0.1) is 11.3 Å². The van der Waals surface area contributed by atoms with E-state index in [1.165, 1.54) is 12.0 Å². The minimum atomic E-state index is -0.446. The van der Waals surface area contributed by atoms with E-state index < -0.39 is 6.10 Å². The standard InChI is InChI=1S/C22H28N2O2/c1-22(10-5-2-6-11-22)21(26)24-14-17(20(25)15-24)13-16-9-12-23-19-8-4-3-7-18(16)19/h3-4,7-9,12,17,20,25H,2,5-6,10-11,13-15H2,1H3. The fraction of sp³-hybridized carbons (Fsp3) is 0.545. The Hall–Kier alpha value is -1.94. The number of carbonyl (C=O) groups excluding carboxylic acids is 1. The van der Waals surface area contributed by atoms with Crippen LogP contribution in [0.3, 0.4) is 0 Å². The summed E-state index contributed by atoms with van der Waals surface area (Å²) in [5.74, 6) is 0.343. The Balaban J connectivity index is 1.49. The second-order valence-corrected chi connectivity index (χ2v) is 8.35. The Morgan fingerprint density at radius 2 is 1.96 bits per heavy atom. The summed E-state index contributed by atoms with van der Waals surface area (Å²) in [6, 6.07) is 10.2. The van der Waals surface area contributed by atoms with Gasteiger partial charge in [-0.15, -0.1) is 0 Å². The van der Waals surface area contributed by atoms with E-state index in [9.17, 15) is 9.90 Å². The molecule has 0 spiro atoms. The molecule has 1 N–H and O–H groups in total. The molecule has 0 bridgehead atoms. The highest BCUT2D eigenvalue weighted by Crippen LogP contribution is 2.39. The fourth-order valence-corrected chi connectivity index (χ4v) is 4.76. The average molecular weight is 352 g/mol. The second-order valence-electron chi connectivity index (χ2n) is 8.35. The van der Waals surface area contributed by atoms with E-state index in [4.69, 9.17) is 0 Å². The number of likely N-dealkylation sites (tertiary alicyclic amines) is 1. The predicted molar refractivity (Wildman–Crippen MR) is 103 cm³/mol. The number of pyridine rings is 1. The van der Waals surface area contributed by atoms with Crippen molar-refractivity contribution in [2.75, 3.05) is 13.1 Å². The van der Waals surface area contributed by atoms with Crippen molar-refractivity contribution >= 4 is 16.8 Å². The summed E-state index contributed by atoms with van der Waals surface area (Å²) in [6.45, 7) is 3.25. The van der Waals surface area contributed by atoms with E-state index in [2.05, 4.69) is 18.0 Å². The van der Waals surface area contributed by atoms with E-state index in [1.54, 1.807) is 0 Å². The van der Waals surface area contributed by atoms with Crippen molar-refractivity contribution in [2.45, 2.75) is 51.6 Å². The number of hydrogen-bond donors (Lipinski definition) is 1. The Bertz CT molecular complexity index is 792. The lowest BCUT2D eigenvalue weighted by Crippen LogP contribution is -2.42. The van der Waals surface area contributed by atoms with Gasteiger partial charge in [0.1, 0.15) is 0 Å². The molecule has 1 amide bonds. The van der Waals surface area contributed by atoms with Gasteiger partial charge >= 0.3 is 0 Å². The van der Waals surface area contributed by atoms with Gasteiger partial charge in [0.05, 0.1) is 11.6 Å². The predicted octanol–water partition coefficient (Wildman–Crippen LogP) is 3.57. The lowest BCUT2D eigenvalue weighted by Gasteiger charge is -2.35. The molecule has 1 aliphatic heterocycles. The van der Waals surface area contributed by atoms with E-state index in [0.29, 0.717) is 13.1 Å². The van der Waals surface area contributed by atoms with Crippen LogP contribution in [0.25, 0.3) is 10.9 Å². The van der Waals surface area contributed by atoms with Gasteiger partial charge in [-0.05, 0) is 37.0 Å². The van der Waals surface area contributed by atoms with E-state index in [-0.39, 0.29) is 17.2 Å². The molecule has 1 aromatic carbocycles. The first kappa shape index (κ1) is 17.5. The zero-order chi connectivity index (χ0) is 18.1. The van der Waals surface area contributed by atoms with Crippen molar-refractivity contribution in [3.63, 3.8) is 0 Å². The Morgan fingerprint density at radius 3 is 2.77 bits per heavy atom. The van der Waals surface area contributed by atoms with E-state index in [1.807, 2.05) is 35.4 Å². The number of para-hydroxylation sites is 1. The SMILES string of the molecule is CC1(C(=O)N2CC(O)C(Cc3ccnc4ccccc34)C2)CCCCC1. The fourth-order valence-electron chi connectivity index (χ4n) is 4.76. The number of fused-ring (bicyclic) bond motifs is 1. The van der Waals surface area contributed by atoms with Crippen LogP contribution >= 0.6 is 0 Å². The first-order valence-corrected chi connectivity index (χ1v) is 9.87. The highest BCUT2D eigenvalue weighted by molar-refractivity contribution is 5.83. The number of β-amino-alcohol motifs (C(OH)–C–C–N with tert-alkyl or cyclic N) is 1. The molecule has 4 nitrogen and oxygen atoms in total. The zero-order valence-corrected chi connectivity index (χ0v) is 15.5. The van der Waals surface area contributed by atoms with E-state index in [0.717, 1.165) is 43.0 Å². The van der Waals surface area contributed by atoms with Crippen LogP contribution in [0.4, 0.5) is 0 Å². The van der Waals surface area contributed by atoms with Gasteiger partial charge in [0.2, 0.25) is 5.91 Å². The van der Waals surface area contributed by atoms with Gasteiger partial charge in [0, 0.05) is 36.0 Å². The average Bonchev–Trinajstić information content (AvgIpc) is 3.02. The molecule has 138 valence electrons. The summed E-state index contributed by atoms with van der Waals surface area (Å²) in [6.07, 6.45) is 7.67. The smallest absolute Gasteiger partial charge is 0.228 e. The van der Waals surface area contributed by atoms with Crippen LogP contribution in [0.15, 0.2) is 36.5 Å². The number of aliphatic hydroxyl groups is 1. The number of aliphatic hydroxyl groups excluding tert-OH is 1. The molecular weight excluding hydrogens is 324 g/mol. The number of carbonyl (C=O) groups is 1. The largest absolute Gasteiger partial charge is 0.391 e. The third-order valence-corrected chi connectivity index (χ3v) is 6.39. The monoisotopic (exact) mass is 352 g/mol. The molecule has 1 saturated heterocycles. The Morgan fingerprint density at radius 1 is 1.19 bits per heavy atom. The summed E-state index contributed by atoms with van der Waals surface area (Å²) < 4.78 is 0. The number of nitrogens with zero attached hydrogens (tertiary/aromatic N) is 2. The van der Waals surface area contributed by atoms with Crippen LogP contribution in [-0.2, 0) is 11.2 Å². The molecular formula is C22H28N2O2. The Labute approximate surface area is 155 Å². The van der Waals surface area contributed by atoms with Crippen molar-refractivity contribution < 1.29 is 9.90 Å². The normalized spacial score (nSPS) is 25.5. The number of benzene rings is 1. The molecule has 1 saturated carbocycles. The minimum Gasteiger partial charge on any atom is -0.391 e. The zero-order valence-electron chi connectivity index (χ0n) is 15.5. The van der Waals surface area contributed by atoms with Crippen molar-refractivity contribution in [1.82, 2.24) is 9.88 Å². The summed E-state index contributed by atoms with van der Waals surface area (Å²) in [7, 11) is 0. The number of aromatic nitrogens is 1. The molecule has 4 heteroatoms. The van der Waals surface area contributed by atoms with Crippen LogP contribution in [0.1, 0.15) is 44.6 Å². The van der Waals surface area contributed by atoms with Gasteiger partial charge < -0.3 is 10.0 Å². The number of amides is 1. The van der Waals surface area contributed by atoms with Crippen LogP contribution in [-0.4, -0.2) is 40.1 Å². The molecule has 2 atom stereocenters. The second kappa shape index (κ2) is 6.99. The third kappa shape index (κ3) is 3.23. The minimum absolute atomic E-state index is 0.0944. The number of hydrogen-bond acceptors (Lipinski definition) is 3. The first-order valence-electron chi connectivity index (χ1n) is 9.87. The maximum atomic E-state index is 13.1. The van der Waals surface area contributed by atoms with Crippen molar-refractivity contribution in [2.24, 2.45) is 11.3 Å². The topological polar surface area (TPSA) is 53.4 Å². The van der Waals surface area contributed by atoms with Crippen molar-refractivity contribution in [1.29, 1.82) is 0 Å². The Kier molecular flexibility index (Phi) is 4.70. The van der Waals surface area contributed by atoms with Gasteiger partial charge in [-0.25, -0.2) is 0 Å². The number of rotatable bonds is 3. The maximum absolute atomic E-state index is 13.1. The summed E-state index contributed by atoms with van der Waals surface area (Å²) in [4.78, 5) is 19.4. The van der Waals surface area contributed by atoms with Crippen LogP contribution in [0.2, 0.25) is 0 Å². The molecule has 0 radical (unpaired) electrons. The highest BCUT2D eigenvalue weighted by atomic mass is 16.3. The summed E-state index contributed by atoms with van der Waals surface area (Å²) >= 11 is 0. The van der Waals surface area contributed by atoms with Gasteiger partial charge in [-0.3, -0.25) is 9.78 Å². The van der Waals surface area contributed by atoms with Gasteiger partial charge in [0.25, 0.3) is 0 Å². The lowest BCUT2D eigenvalue weighted by molar-refractivity contribution is -0.142. The maximum Gasteiger partial charge on any atom is 0.228 e. The molecule has 4 rings (SSSR count). The molecule has 2 unspecified atom stereocenters.